The molecule has 1 heterocycles. The number of carbonyl (C=O) groups is 2. The second-order valence-electron chi connectivity index (χ2n) is 7.53. The lowest BCUT2D eigenvalue weighted by molar-refractivity contribution is -0.123. The van der Waals surface area contributed by atoms with Crippen LogP contribution < -0.4 is 4.90 Å². The molecule has 27 heavy (non-hydrogen) atoms. The number of hydrogen-bond donors (Lipinski definition) is 2. The van der Waals surface area contributed by atoms with E-state index in [0.29, 0.717) is 29.8 Å². The van der Waals surface area contributed by atoms with E-state index in [2.05, 4.69) is 0 Å². The van der Waals surface area contributed by atoms with Crippen LogP contribution in [0.2, 0.25) is 0 Å². The molecule has 3 aliphatic rings. The van der Waals surface area contributed by atoms with Gasteiger partial charge in [-0.05, 0) is 31.9 Å². The predicted molar refractivity (Wildman–Crippen MR) is 99.2 cm³/mol. The summed E-state index contributed by atoms with van der Waals surface area (Å²) in [6.07, 6.45) is 1.42. The largest absolute Gasteiger partial charge is 0.372 e. The molecule has 2 aromatic carbocycles. The minimum Gasteiger partial charge on any atom is -0.372 e. The number of aliphatic hydroxyl groups is 2. The summed E-state index contributed by atoms with van der Waals surface area (Å²) in [6, 6.07) is 14.2. The molecule has 0 bridgehead atoms. The Morgan fingerprint density at radius 1 is 0.963 bits per heavy atom. The van der Waals surface area contributed by atoms with Crippen molar-refractivity contribution in [1.29, 1.82) is 0 Å². The molecule has 2 aliphatic carbocycles. The Kier molecular flexibility index (Phi) is 3.13. The zero-order chi connectivity index (χ0) is 19.0. The van der Waals surface area contributed by atoms with Gasteiger partial charge >= 0.3 is 0 Å². The zero-order valence-corrected chi connectivity index (χ0v) is 14.9. The minimum atomic E-state index is -2.28. The Morgan fingerprint density at radius 2 is 1.67 bits per heavy atom. The number of nitrogens with zero attached hydrogens (tertiary/aromatic N) is 1. The molecule has 0 saturated heterocycles. The fourth-order valence-corrected chi connectivity index (χ4v) is 4.80. The monoisotopic (exact) mass is 361 g/mol. The first kappa shape index (κ1) is 16.4. The number of allylic oxidation sites excluding steroid dienone is 1. The number of benzene rings is 2. The molecule has 2 N–H and O–H groups in total. The quantitative estimate of drug-likeness (QED) is 0.816. The molecule has 5 heteroatoms. The summed E-state index contributed by atoms with van der Waals surface area (Å²) in [6.45, 7) is 1.96. The van der Waals surface area contributed by atoms with E-state index in [1.54, 1.807) is 29.2 Å². The van der Waals surface area contributed by atoms with Gasteiger partial charge in [-0.2, -0.15) is 0 Å². The summed E-state index contributed by atoms with van der Waals surface area (Å²) in [5.41, 5.74) is -1.43. The van der Waals surface area contributed by atoms with Gasteiger partial charge in [0.2, 0.25) is 17.1 Å². The molecule has 136 valence electrons. The van der Waals surface area contributed by atoms with Crippen LogP contribution in [-0.4, -0.2) is 27.4 Å². The normalized spacial score (nSPS) is 29.1. The van der Waals surface area contributed by atoms with Crippen LogP contribution in [0, 0.1) is 6.92 Å². The predicted octanol–water partition coefficient (Wildman–Crippen LogP) is 2.59. The molecule has 2 atom stereocenters. The third-order valence-electron chi connectivity index (χ3n) is 6.01. The number of Topliss-reactive ketones (excluding diaryl/α,β-unsaturated/α-hetero) is 2. The van der Waals surface area contributed by atoms with Gasteiger partial charge in [-0.25, -0.2) is 0 Å². The van der Waals surface area contributed by atoms with Gasteiger partial charge in [0, 0.05) is 28.9 Å². The molecular formula is C22H19NO4. The standard InChI is InChI=1S/C22H19NO4/c1-13-9-11-14(12-10-13)23-17-7-4-8-18(24)19(17)21(26)20(25)15-5-2-3-6-16(15)22(21,23)27/h2-3,5-6,9-12,26-27H,4,7-8H2,1H3/t21-,22+/m0/s1. The van der Waals surface area contributed by atoms with Crippen LogP contribution in [0.15, 0.2) is 59.8 Å². The summed E-state index contributed by atoms with van der Waals surface area (Å²) in [5, 5.41) is 23.5. The molecule has 2 aromatic rings. The van der Waals surface area contributed by atoms with Crippen molar-refractivity contribution >= 4 is 17.3 Å². The van der Waals surface area contributed by atoms with E-state index < -0.39 is 17.1 Å². The van der Waals surface area contributed by atoms with E-state index >= 15 is 0 Å². The van der Waals surface area contributed by atoms with Gasteiger partial charge in [0.15, 0.2) is 5.78 Å². The Morgan fingerprint density at radius 3 is 2.41 bits per heavy atom. The molecule has 0 spiro atoms. The second-order valence-corrected chi connectivity index (χ2v) is 7.53. The molecule has 0 saturated carbocycles. The SMILES string of the molecule is Cc1ccc(N2C3=C(C(=O)CCC3)[C@]3(O)C(=O)c4ccccc4[C@]23O)cc1. The molecule has 0 radical (unpaired) electrons. The highest BCUT2D eigenvalue weighted by molar-refractivity contribution is 6.19. The van der Waals surface area contributed by atoms with Crippen LogP contribution in [0.1, 0.15) is 40.7 Å². The molecule has 0 amide bonds. The Hall–Kier alpha value is -2.76. The van der Waals surface area contributed by atoms with Crippen molar-refractivity contribution in [3.63, 3.8) is 0 Å². The third kappa shape index (κ3) is 1.76. The van der Waals surface area contributed by atoms with E-state index in [4.69, 9.17) is 0 Å². The highest BCUT2D eigenvalue weighted by Crippen LogP contribution is 2.59. The number of hydrogen-bond acceptors (Lipinski definition) is 5. The first-order valence-electron chi connectivity index (χ1n) is 9.13. The van der Waals surface area contributed by atoms with Gasteiger partial charge in [0.05, 0.1) is 5.57 Å². The van der Waals surface area contributed by atoms with Crippen LogP contribution in [0.3, 0.4) is 0 Å². The molecular weight excluding hydrogens is 342 g/mol. The minimum absolute atomic E-state index is 0.0537. The maximum absolute atomic E-state index is 13.2. The van der Waals surface area contributed by atoms with E-state index in [1.165, 1.54) is 0 Å². The number of ketones is 2. The van der Waals surface area contributed by atoms with Crippen molar-refractivity contribution in [2.75, 3.05) is 4.90 Å². The number of rotatable bonds is 1. The average Bonchev–Trinajstić information content (AvgIpc) is 2.98. The molecule has 0 unspecified atom stereocenters. The van der Waals surface area contributed by atoms with Crippen molar-refractivity contribution in [2.45, 2.75) is 37.5 Å². The average molecular weight is 361 g/mol. The second kappa shape index (κ2) is 5.15. The highest BCUT2D eigenvalue weighted by atomic mass is 16.4. The Labute approximate surface area is 156 Å². The van der Waals surface area contributed by atoms with Gasteiger partial charge in [0.25, 0.3) is 0 Å². The molecule has 1 aliphatic heterocycles. The van der Waals surface area contributed by atoms with Gasteiger partial charge in [0.1, 0.15) is 0 Å². The molecule has 5 nitrogen and oxygen atoms in total. The maximum atomic E-state index is 13.2. The van der Waals surface area contributed by atoms with E-state index in [1.807, 2.05) is 31.2 Å². The van der Waals surface area contributed by atoms with Crippen molar-refractivity contribution in [3.8, 4) is 0 Å². The van der Waals surface area contributed by atoms with Crippen LogP contribution in [0.4, 0.5) is 5.69 Å². The topological polar surface area (TPSA) is 77.8 Å². The van der Waals surface area contributed by atoms with Gasteiger partial charge < -0.3 is 15.1 Å². The lowest BCUT2D eigenvalue weighted by atomic mass is 9.80. The zero-order valence-electron chi connectivity index (χ0n) is 14.9. The fourth-order valence-electron chi connectivity index (χ4n) is 4.80. The first-order valence-corrected chi connectivity index (χ1v) is 9.13. The fraction of sp³-hybridized carbons (Fsp3) is 0.273. The number of carbonyl (C=O) groups excluding carboxylic acids is 2. The molecule has 5 rings (SSSR count). The van der Waals surface area contributed by atoms with Crippen LogP contribution in [0.5, 0.6) is 0 Å². The summed E-state index contributed by atoms with van der Waals surface area (Å²) < 4.78 is 0. The van der Waals surface area contributed by atoms with Gasteiger partial charge in [-0.15, -0.1) is 0 Å². The summed E-state index contributed by atoms with van der Waals surface area (Å²) >= 11 is 0. The Bertz CT molecular complexity index is 1040. The van der Waals surface area contributed by atoms with Gasteiger partial charge in [-0.3, -0.25) is 9.59 Å². The van der Waals surface area contributed by atoms with Crippen molar-refractivity contribution in [3.05, 3.63) is 76.5 Å². The summed E-state index contributed by atoms with van der Waals surface area (Å²) in [5.74, 6) is -0.883. The first-order chi connectivity index (χ1) is 12.9. The van der Waals surface area contributed by atoms with Gasteiger partial charge in [-0.1, -0.05) is 42.0 Å². The van der Waals surface area contributed by atoms with Crippen LogP contribution in [0.25, 0.3) is 0 Å². The third-order valence-corrected chi connectivity index (χ3v) is 6.01. The van der Waals surface area contributed by atoms with Crippen molar-refractivity contribution in [1.82, 2.24) is 0 Å². The summed E-state index contributed by atoms with van der Waals surface area (Å²) in [4.78, 5) is 27.6. The van der Waals surface area contributed by atoms with Crippen molar-refractivity contribution < 1.29 is 19.8 Å². The number of anilines is 1. The van der Waals surface area contributed by atoms with E-state index in [-0.39, 0.29) is 23.3 Å². The van der Waals surface area contributed by atoms with E-state index in [0.717, 1.165) is 5.56 Å². The smallest absolute Gasteiger partial charge is 0.211 e. The van der Waals surface area contributed by atoms with Crippen LogP contribution in [-0.2, 0) is 10.5 Å². The highest BCUT2D eigenvalue weighted by Gasteiger charge is 2.73. The van der Waals surface area contributed by atoms with Crippen LogP contribution >= 0.6 is 0 Å². The molecule has 0 aromatic heterocycles. The number of aryl methyl sites for hydroxylation is 1. The summed E-state index contributed by atoms with van der Waals surface area (Å²) in [7, 11) is 0. The lowest BCUT2D eigenvalue weighted by Gasteiger charge is -2.40. The lowest BCUT2D eigenvalue weighted by Crippen LogP contribution is -2.58. The maximum Gasteiger partial charge on any atom is 0.211 e. The van der Waals surface area contributed by atoms with Crippen molar-refractivity contribution in [2.24, 2.45) is 0 Å². The number of fused-ring (bicyclic) bond motifs is 4. The Balaban J connectivity index is 1.86. The van der Waals surface area contributed by atoms with E-state index in [9.17, 15) is 19.8 Å². The molecule has 0 fully saturated rings.